The number of amides is 1. The molecule has 7 nitrogen and oxygen atoms in total. The van der Waals surface area contributed by atoms with E-state index in [1.54, 1.807) is 0 Å². The van der Waals surface area contributed by atoms with Crippen molar-refractivity contribution >= 4 is 5.91 Å². The minimum Gasteiger partial charge on any atom is -0.373 e. The molecule has 7 heteroatoms. The van der Waals surface area contributed by atoms with E-state index in [2.05, 4.69) is 48.7 Å². The van der Waals surface area contributed by atoms with Gasteiger partial charge >= 0.3 is 0 Å². The number of ether oxygens (including phenoxy) is 4. The Labute approximate surface area is 186 Å². The van der Waals surface area contributed by atoms with E-state index in [-0.39, 0.29) is 30.3 Å². The Kier molecular flexibility index (Phi) is 9.29. The van der Waals surface area contributed by atoms with Gasteiger partial charge in [-0.25, -0.2) is 0 Å². The molecule has 0 aromatic heterocycles. The predicted molar refractivity (Wildman–Crippen MR) is 119 cm³/mol. The predicted octanol–water partition coefficient (Wildman–Crippen LogP) is 2.43. The lowest BCUT2D eigenvalue weighted by molar-refractivity contribution is -0.221. The van der Waals surface area contributed by atoms with Crippen LogP contribution in [0, 0.1) is 0 Å². The van der Waals surface area contributed by atoms with Crippen LogP contribution in [-0.4, -0.2) is 68.5 Å². The lowest BCUT2D eigenvalue weighted by atomic mass is 9.97. The van der Waals surface area contributed by atoms with Crippen molar-refractivity contribution in [3.05, 3.63) is 35.9 Å². The lowest BCUT2D eigenvalue weighted by Crippen LogP contribution is -2.63. The summed E-state index contributed by atoms with van der Waals surface area (Å²) in [7, 11) is 0. The Morgan fingerprint density at radius 3 is 2.71 bits per heavy atom. The topological polar surface area (TPSA) is 78.1 Å². The normalized spacial score (nSPS) is 29.5. The second-order valence-corrected chi connectivity index (χ2v) is 8.70. The number of nitrogens with one attached hydrogen (secondary N) is 2. The first-order valence-corrected chi connectivity index (χ1v) is 11.6. The average molecular weight is 435 g/mol. The van der Waals surface area contributed by atoms with Crippen LogP contribution in [0.1, 0.15) is 46.1 Å². The molecule has 2 aliphatic rings. The number of rotatable bonds is 12. The summed E-state index contributed by atoms with van der Waals surface area (Å²) in [6.07, 6.45) is 1.65. The third kappa shape index (κ3) is 6.99. The van der Waals surface area contributed by atoms with Gasteiger partial charge in [0.15, 0.2) is 6.29 Å². The molecular formula is C24H38N2O5. The summed E-state index contributed by atoms with van der Waals surface area (Å²) in [5.41, 5.74) is 1.31. The number of carbonyl (C=O) groups is 1. The summed E-state index contributed by atoms with van der Waals surface area (Å²) in [5.74, 6) is -0.134. The van der Waals surface area contributed by atoms with E-state index >= 15 is 0 Å². The summed E-state index contributed by atoms with van der Waals surface area (Å²) < 4.78 is 24.4. The maximum Gasteiger partial charge on any atom is 0.217 e. The third-order valence-corrected chi connectivity index (χ3v) is 5.78. The molecule has 3 rings (SSSR count). The van der Waals surface area contributed by atoms with Crippen LogP contribution in [0.2, 0.25) is 0 Å². The van der Waals surface area contributed by atoms with E-state index in [1.165, 1.54) is 12.5 Å². The van der Waals surface area contributed by atoms with Gasteiger partial charge in [-0.1, -0.05) is 43.7 Å². The van der Waals surface area contributed by atoms with Crippen molar-refractivity contribution in [1.29, 1.82) is 0 Å². The van der Waals surface area contributed by atoms with Crippen LogP contribution in [0.15, 0.2) is 30.3 Å². The van der Waals surface area contributed by atoms with Crippen LogP contribution in [0.25, 0.3) is 0 Å². The highest BCUT2D eigenvalue weighted by Crippen LogP contribution is 2.32. The number of hydrogen-bond donors (Lipinski definition) is 2. The van der Waals surface area contributed by atoms with E-state index in [1.807, 2.05) is 13.0 Å². The minimum atomic E-state index is -0.498. The van der Waals surface area contributed by atoms with Gasteiger partial charge < -0.3 is 29.6 Å². The number of benzene rings is 1. The summed E-state index contributed by atoms with van der Waals surface area (Å²) in [5, 5.41) is 6.53. The maximum absolute atomic E-state index is 11.8. The van der Waals surface area contributed by atoms with E-state index < -0.39 is 12.3 Å². The molecule has 0 unspecified atom stereocenters. The molecule has 1 aromatic rings. The van der Waals surface area contributed by atoms with Crippen molar-refractivity contribution in [2.45, 2.75) is 89.7 Å². The molecule has 0 radical (unpaired) electrons. The van der Waals surface area contributed by atoms with Crippen molar-refractivity contribution in [2.75, 3.05) is 19.8 Å². The second-order valence-electron chi connectivity index (χ2n) is 8.70. The fourth-order valence-electron chi connectivity index (χ4n) is 4.21. The van der Waals surface area contributed by atoms with Crippen molar-refractivity contribution < 1.29 is 23.7 Å². The van der Waals surface area contributed by atoms with Crippen molar-refractivity contribution in [3.8, 4) is 0 Å². The van der Waals surface area contributed by atoms with Crippen molar-refractivity contribution in [1.82, 2.24) is 10.6 Å². The largest absolute Gasteiger partial charge is 0.373 e. The zero-order chi connectivity index (χ0) is 22.2. The molecule has 1 aromatic carbocycles. The second kappa shape index (κ2) is 11.9. The third-order valence-electron chi connectivity index (χ3n) is 5.78. The summed E-state index contributed by atoms with van der Waals surface area (Å²) in [6, 6.07) is 10.4. The fraction of sp³-hybridized carbons (Fsp3) is 0.708. The number of carbonyl (C=O) groups excluding carboxylic acids is 1. The van der Waals surface area contributed by atoms with Gasteiger partial charge in [-0.05, 0) is 32.3 Å². The lowest BCUT2D eigenvalue weighted by Gasteiger charge is -2.42. The Bertz CT molecular complexity index is 673. The first-order chi connectivity index (χ1) is 15.0. The van der Waals surface area contributed by atoms with Crippen LogP contribution in [0.5, 0.6) is 0 Å². The molecule has 2 N–H and O–H groups in total. The van der Waals surface area contributed by atoms with Gasteiger partial charge in [0.1, 0.15) is 24.4 Å². The highest BCUT2D eigenvalue weighted by atomic mass is 16.7. The summed E-state index contributed by atoms with van der Waals surface area (Å²) in [6.45, 7) is 9.66. The molecule has 1 amide bonds. The van der Waals surface area contributed by atoms with Crippen LogP contribution in [0.3, 0.4) is 0 Å². The van der Waals surface area contributed by atoms with E-state index in [0.717, 1.165) is 19.3 Å². The standard InChI is InChI=1S/C24H38N2O5/c1-5-6-12-28-22-20-15-29-24(31-20)21(26-18(4)27)23(22)30-17(3)14-25-16(2)13-19-10-8-7-9-11-19/h7-11,16-17,20-25H,5-6,12-15H2,1-4H3,(H,26,27)/t16-,17-,20-,21-,22-,23-,24-/m1/s1. The zero-order valence-corrected chi connectivity index (χ0v) is 19.2. The smallest absolute Gasteiger partial charge is 0.217 e. The first kappa shape index (κ1) is 24.1. The summed E-state index contributed by atoms with van der Waals surface area (Å²) >= 11 is 0. The van der Waals surface area contributed by atoms with E-state index in [4.69, 9.17) is 18.9 Å². The van der Waals surface area contributed by atoms with Crippen LogP contribution in [0.4, 0.5) is 0 Å². The molecule has 7 atom stereocenters. The average Bonchev–Trinajstić information content (AvgIpc) is 3.18. The molecule has 2 heterocycles. The number of fused-ring (bicyclic) bond motifs is 2. The molecule has 0 spiro atoms. The maximum atomic E-state index is 11.8. The molecule has 2 saturated heterocycles. The Balaban J connectivity index is 1.59. The fourth-order valence-corrected chi connectivity index (χ4v) is 4.21. The quantitative estimate of drug-likeness (QED) is 0.492. The van der Waals surface area contributed by atoms with Crippen LogP contribution >= 0.6 is 0 Å². The Morgan fingerprint density at radius 1 is 1.23 bits per heavy atom. The van der Waals surface area contributed by atoms with Gasteiger partial charge in [0.2, 0.25) is 5.91 Å². The van der Waals surface area contributed by atoms with Crippen LogP contribution in [-0.2, 0) is 30.2 Å². The van der Waals surface area contributed by atoms with E-state index in [0.29, 0.717) is 25.8 Å². The molecule has 2 fully saturated rings. The van der Waals surface area contributed by atoms with Crippen molar-refractivity contribution in [2.24, 2.45) is 0 Å². The van der Waals surface area contributed by atoms with Crippen molar-refractivity contribution in [3.63, 3.8) is 0 Å². The molecule has 0 aliphatic carbocycles. The molecule has 174 valence electrons. The SMILES string of the molecule is CCCCO[C@H]1[C@H](O[C@H](C)CN[C@H](C)Cc2ccccc2)[C@@H](NC(C)=O)[C@@H]2OC[C@H]1O2. The van der Waals surface area contributed by atoms with Gasteiger partial charge in [-0.15, -0.1) is 0 Å². The molecule has 0 saturated carbocycles. The molecular weight excluding hydrogens is 396 g/mol. The minimum absolute atomic E-state index is 0.0609. The number of unbranched alkanes of at least 4 members (excludes halogenated alkanes) is 1. The van der Waals surface area contributed by atoms with Gasteiger partial charge in [0.25, 0.3) is 0 Å². The van der Waals surface area contributed by atoms with Gasteiger partial charge in [0, 0.05) is 26.1 Å². The van der Waals surface area contributed by atoms with Gasteiger partial charge in [0.05, 0.1) is 12.7 Å². The zero-order valence-electron chi connectivity index (χ0n) is 19.2. The summed E-state index contributed by atoms with van der Waals surface area (Å²) in [4.78, 5) is 11.8. The van der Waals surface area contributed by atoms with Crippen LogP contribution < -0.4 is 10.6 Å². The van der Waals surface area contributed by atoms with E-state index in [9.17, 15) is 4.79 Å². The van der Waals surface area contributed by atoms with Gasteiger partial charge in [-0.2, -0.15) is 0 Å². The molecule has 2 aliphatic heterocycles. The first-order valence-electron chi connectivity index (χ1n) is 11.6. The molecule has 2 bridgehead atoms. The Hall–Kier alpha value is -1.51. The Morgan fingerprint density at radius 2 is 2.00 bits per heavy atom. The highest BCUT2D eigenvalue weighted by Gasteiger charge is 2.52. The number of hydrogen-bond acceptors (Lipinski definition) is 6. The van der Waals surface area contributed by atoms with Gasteiger partial charge in [-0.3, -0.25) is 4.79 Å². The highest BCUT2D eigenvalue weighted by molar-refractivity contribution is 5.73. The monoisotopic (exact) mass is 434 g/mol. The molecule has 31 heavy (non-hydrogen) atoms.